The summed E-state index contributed by atoms with van der Waals surface area (Å²) in [6.07, 6.45) is 5.53. The molecule has 1 atom stereocenters. The summed E-state index contributed by atoms with van der Waals surface area (Å²) in [5.41, 5.74) is 5.51. The molecule has 1 aromatic carbocycles. The topological polar surface area (TPSA) is 28.2 Å². The standard InChI is InChI=1S/C21H25N3S2/c1-16-12-17(4-5-20(16)24-8-2-3-9-24)14-23-19(21-22-7-11-26-21)13-18-6-10-25-15-18/h4-7,10-12,15,19,23H,2-3,8-9,13-14H2,1H3/t19-/m0/s1. The van der Waals surface area contributed by atoms with Crippen molar-refractivity contribution in [2.45, 2.75) is 38.8 Å². The molecule has 1 fully saturated rings. The van der Waals surface area contributed by atoms with Crippen molar-refractivity contribution in [3.8, 4) is 0 Å². The minimum Gasteiger partial charge on any atom is -0.371 e. The molecule has 3 nitrogen and oxygen atoms in total. The van der Waals surface area contributed by atoms with Crippen molar-refractivity contribution in [1.82, 2.24) is 10.3 Å². The van der Waals surface area contributed by atoms with E-state index in [4.69, 9.17) is 0 Å². The molecule has 3 aromatic rings. The first-order valence-electron chi connectivity index (χ1n) is 9.28. The molecule has 26 heavy (non-hydrogen) atoms. The summed E-state index contributed by atoms with van der Waals surface area (Å²) in [6.45, 7) is 5.51. The third-order valence-corrected chi connectivity index (χ3v) is 6.65. The van der Waals surface area contributed by atoms with Gasteiger partial charge in [0.25, 0.3) is 0 Å². The fourth-order valence-electron chi connectivity index (χ4n) is 3.68. The lowest BCUT2D eigenvalue weighted by molar-refractivity contribution is 0.528. The van der Waals surface area contributed by atoms with E-state index in [1.54, 1.807) is 22.7 Å². The van der Waals surface area contributed by atoms with Crippen LogP contribution >= 0.6 is 22.7 Å². The number of rotatable bonds is 7. The molecule has 5 heteroatoms. The van der Waals surface area contributed by atoms with E-state index < -0.39 is 0 Å². The van der Waals surface area contributed by atoms with Crippen LogP contribution in [0.5, 0.6) is 0 Å². The van der Waals surface area contributed by atoms with Crippen LogP contribution in [-0.4, -0.2) is 18.1 Å². The second kappa shape index (κ2) is 8.33. The highest BCUT2D eigenvalue weighted by Gasteiger charge is 2.17. The molecule has 1 N–H and O–H groups in total. The summed E-state index contributed by atoms with van der Waals surface area (Å²) >= 11 is 3.49. The Bertz CT molecular complexity index is 806. The van der Waals surface area contributed by atoms with Gasteiger partial charge in [-0.2, -0.15) is 11.3 Å². The number of aryl methyl sites for hydroxylation is 1. The third-order valence-electron chi connectivity index (χ3n) is 5.03. The maximum Gasteiger partial charge on any atom is 0.110 e. The fourth-order valence-corrected chi connectivity index (χ4v) is 5.07. The molecule has 0 aliphatic carbocycles. The van der Waals surface area contributed by atoms with Crippen molar-refractivity contribution >= 4 is 28.4 Å². The van der Waals surface area contributed by atoms with Crippen LogP contribution in [-0.2, 0) is 13.0 Å². The Labute approximate surface area is 163 Å². The zero-order chi connectivity index (χ0) is 17.8. The van der Waals surface area contributed by atoms with E-state index in [2.05, 4.69) is 62.5 Å². The molecule has 0 amide bonds. The predicted molar refractivity (Wildman–Crippen MR) is 112 cm³/mol. The summed E-state index contributed by atoms with van der Waals surface area (Å²) < 4.78 is 0. The lowest BCUT2D eigenvalue weighted by Gasteiger charge is -2.21. The fraction of sp³-hybridized carbons (Fsp3) is 0.381. The van der Waals surface area contributed by atoms with E-state index >= 15 is 0 Å². The van der Waals surface area contributed by atoms with E-state index in [1.807, 2.05) is 6.20 Å². The number of benzene rings is 1. The largest absolute Gasteiger partial charge is 0.371 e. The summed E-state index contributed by atoms with van der Waals surface area (Å²) in [6, 6.07) is 9.39. The second-order valence-electron chi connectivity index (χ2n) is 6.95. The number of hydrogen-bond donors (Lipinski definition) is 1. The molecule has 0 radical (unpaired) electrons. The van der Waals surface area contributed by atoms with Gasteiger partial charge in [-0.1, -0.05) is 12.1 Å². The Morgan fingerprint density at radius 1 is 1.15 bits per heavy atom. The highest BCUT2D eigenvalue weighted by Crippen LogP contribution is 2.26. The van der Waals surface area contributed by atoms with Gasteiger partial charge in [0.05, 0.1) is 6.04 Å². The monoisotopic (exact) mass is 383 g/mol. The summed E-state index contributed by atoms with van der Waals surface area (Å²) in [5, 5.41) is 11.3. The molecule has 0 unspecified atom stereocenters. The average Bonchev–Trinajstić information content (AvgIpc) is 3.42. The van der Waals surface area contributed by atoms with Gasteiger partial charge < -0.3 is 10.2 Å². The molecular formula is C21H25N3S2. The molecule has 1 aliphatic rings. The molecule has 0 spiro atoms. The molecule has 1 aliphatic heterocycles. The number of nitrogens with zero attached hydrogens (tertiary/aromatic N) is 2. The highest BCUT2D eigenvalue weighted by molar-refractivity contribution is 7.09. The number of hydrogen-bond acceptors (Lipinski definition) is 5. The van der Waals surface area contributed by atoms with Crippen molar-refractivity contribution in [3.63, 3.8) is 0 Å². The molecule has 0 saturated carbocycles. The van der Waals surface area contributed by atoms with Gasteiger partial charge in [0.15, 0.2) is 0 Å². The van der Waals surface area contributed by atoms with Gasteiger partial charge in [-0.05, 0) is 65.8 Å². The summed E-state index contributed by atoms with van der Waals surface area (Å²) in [7, 11) is 0. The van der Waals surface area contributed by atoms with Crippen LogP contribution in [0.3, 0.4) is 0 Å². The van der Waals surface area contributed by atoms with Gasteiger partial charge in [-0.3, -0.25) is 0 Å². The molecular weight excluding hydrogens is 358 g/mol. The Morgan fingerprint density at radius 3 is 2.73 bits per heavy atom. The number of thiazole rings is 1. The summed E-state index contributed by atoms with van der Waals surface area (Å²) in [5.74, 6) is 0. The SMILES string of the molecule is Cc1cc(CN[C@@H](Cc2ccsc2)c2nccs2)ccc1N1CCCC1. The lowest BCUT2D eigenvalue weighted by atomic mass is 10.1. The van der Waals surface area contributed by atoms with Gasteiger partial charge in [0.2, 0.25) is 0 Å². The lowest BCUT2D eigenvalue weighted by Crippen LogP contribution is -2.23. The maximum atomic E-state index is 4.55. The van der Waals surface area contributed by atoms with Crippen molar-refractivity contribution in [2.24, 2.45) is 0 Å². The summed E-state index contributed by atoms with van der Waals surface area (Å²) in [4.78, 5) is 7.06. The van der Waals surface area contributed by atoms with Gasteiger partial charge in [0, 0.05) is 36.9 Å². The van der Waals surface area contributed by atoms with Crippen molar-refractivity contribution < 1.29 is 0 Å². The van der Waals surface area contributed by atoms with Gasteiger partial charge in [0.1, 0.15) is 5.01 Å². The van der Waals surface area contributed by atoms with E-state index in [0.717, 1.165) is 13.0 Å². The van der Waals surface area contributed by atoms with Crippen molar-refractivity contribution in [1.29, 1.82) is 0 Å². The normalized spacial score (nSPS) is 15.5. The minimum absolute atomic E-state index is 0.267. The van der Waals surface area contributed by atoms with Crippen molar-refractivity contribution in [2.75, 3.05) is 18.0 Å². The Balaban J connectivity index is 1.44. The van der Waals surface area contributed by atoms with Crippen LogP contribution in [0.2, 0.25) is 0 Å². The zero-order valence-electron chi connectivity index (χ0n) is 15.1. The van der Waals surface area contributed by atoms with Crippen LogP contribution < -0.4 is 10.2 Å². The molecule has 3 heterocycles. The Morgan fingerprint density at radius 2 is 2.04 bits per heavy atom. The van der Waals surface area contributed by atoms with Gasteiger partial charge in [-0.25, -0.2) is 4.98 Å². The van der Waals surface area contributed by atoms with E-state index in [1.165, 1.54) is 53.3 Å². The van der Waals surface area contributed by atoms with Crippen LogP contribution in [0, 0.1) is 6.92 Å². The quantitative estimate of drug-likeness (QED) is 0.609. The van der Waals surface area contributed by atoms with Gasteiger partial charge >= 0.3 is 0 Å². The maximum absolute atomic E-state index is 4.55. The first kappa shape index (κ1) is 17.7. The highest BCUT2D eigenvalue weighted by atomic mass is 32.1. The number of aromatic nitrogens is 1. The van der Waals surface area contributed by atoms with Crippen LogP contribution in [0.15, 0.2) is 46.6 Å². The molecule has 4 rings (SSSR count). The van der Waals surface area contributed by atoms with E-state index in [0.29, 0.717) is 0 Å². The van der Waals surface area contributed by atoms with E-state index in [9.17, 15) is 0 Å². The van der Waals surface area contributed by atoms with Crippen LogP contribution in [0.1, 0.15) is 40.6 Å². The molecule has 2 aromatic heterocycles. The Hall–Kier alpha value is -1.69. The second-order valence-corrected chi connectivity index (χ2v) is 8.66. The van der Waals surface area contributed by atoms with Gasteiger partial charge in [-0.15, -0.1) is 11.3 Å². The van der Waals surface area contributed by atoms with Crippen LogP contribution in [0.25, 0.3) is 0 Å². The van der Waals surface area contributed by atoms with E-state index in [-0.39, 0.29) is 6.04 Å². The smallest absolute Gasteiger partial charge is 0.110 e. The predicted octanol–water partition coefficient (Wildman–Crippen LogP) is 5.19. The third kappa shape index (κ3) is 4.17. The number of nitrogens with one attached hydrogen (secondary N) is 1. The molecule has 0 bridgehead atoms. The number of thiophene rings is 1. The first-order valence-corrected chi connectivity index (χ1v) is 11.1. The van der Waals surface area contributed by atoms with Crippen molar-refractivity contribution in [3.05, 3.63) is 68.3 Å². The first-order chi connectivity index (χ1) is 12.8. The molecule has 1 saturated heterocycles. The Kier molecular flexibility index (Phi) is 5.68. The average molecular weight is 384 g/mol. The van der Waals surface area contributed by atoms with Crippen LogP contribution in [0.4, 0.5) is 5.69 Å². The minimum atomic E-state index is 0.267. The molecule has 136 valence electrons. The zero-order valence-corrected chi connectivity index (χ0v) is 16.8. The number of anilines is 1.